The zero-order valence-corrected chi connectivity index (χ0v) is 41.9. The Morgan fingerprint density at radius 2 is 0.797 bits per heavy atom. The van der Waals surface area contributed by atoms with Crippen molar-refractivity contribution in [1.29, 1.82) is 0 Å². The summed E-state index contributed by atoms with van der Waals surface area (Å²) >= 11 is 0. The lowest BCUT2D eigenvalue weighted by molar-refractivity contribution is 0.670. The summed E-state index contributed by atoms with van der Waals surface area (Å²) < 4.78 is 9.63. The number of fused-ring (bicyclic) bond motifs is 7. The van der Waals surface area contributed by atoms with E-state index in [4.69, 9.17) is 4.42 Å². The average molecular weight is 952 g/mol. The van der Waals surface area contributed by atoms with Crippen LogP contribution in [0.15, 0.2) is 253 Å². The Kier molecular flexibility index (Phi) is 11.0. The molecule has 0 saturated carbocycles. The van der Waals surface area contributed by atoms with Gasteiger partial charge >= 0.3 is 0 Å². The molecular weight excluding hydrogens is 899 g/mol. The van der Waals surface area contributed by atoms with Crippen molar-refractivity contribution in [1.82, 2.24) is 4.57 Å². The van der Waals surface area contributed by atoms with Gasteiger partial charge in [-0.05, 0) is 175 Å². The van der Waals surface area contributed by atoms with Gasteiger partial charge in [-0.2, -0.15) is 0 Å². The van der Waals surface area contributed by atoms with Gasteiger partial charge in [0.1, 0.15) is 11.2 Å². The van der Waals surface area contributed by atoms with Crippen LogP contribution < -0.4 is 9.80 Å². The Hall–Kier alpha value is -9.38. The lowest BCUT2D eigenvalue weighted by atomic mass is 9.94. The van der Waals surface area contributed by atoms with Crippen LogP contribution >= 0.6 is 0 Å². The molecule has 2 heterocycles. The number of rotatable bonds is 10. The Bertz CT molecular complexity index is 4060. The third-order valence-corrected chi connectivity index (χ3v) is 14.8. The second-order valence-electron chi connectivity index (χ2n) is 19.5. The Labute approximate surface area is 432 Å². The lowest BCUT2D eigenvalue weighted by Gasteiger charge is -2.32. The highest BCUT2D eigenvalue weighted by molar-refractivity contribution is 6.27. The summed E-state index contributed by atoms with van der Waals surface area (Å²) in [6.45, 7) is 8.95. The van der Waals surface area contributed by atoms with Gasteiger partial charge in [-0.15, -0.1) is 0 Å². The molecule has 0 spiro atoms. The largest absolute Gasteiger partial charge is 0.455 e. The molecule has 354 valence electrons. The van der Waals surface area contributed by atoms with Gasteiger partial charge in [0.15, 0.2) is 0 Å². The van der Waals surface area contributed by atoms with Crippen molar-refractivity contribution in [2.45, 2.75) is 27.7 Å². The van der Waals surface area contributed by atoms with E-state index in [0.717, 1.165) is 89.3 Å². The minimum absolute atomic E-state index is 0.845. The number of aryl methyl sites for hydroxylation is 4. The summed E-state index contributed by atoms with van der Waals surface area (Å²) in [7, 11) is 0. The molecule has 0 atom stereocenters. The van der Waals surface area contributed by atoms with E-state index in [0.29, 0.717) is 0 Å². The molecule has 2 aromatic heterocycles. The van der Waals surface area contributed by atoms with E-state index in [1.807, 2.05) is 0 Å². The first-order valence-corrected chi connectivity index (χ1v) is 25.5. The molecule has 0 aliphatic rings. The highest BCUT2D eigenvalue weighted by Crippen LogP contribution is 2.50. The van der Waals surface area contributed by atoms with Crippen molar-refractivity contribution in [3.8, 4) is 39.1 Å². The maximum atomic E-state index is 7.21. The molecule has 11 aromatic carbocycles. The first-order chi connectivity index (χ1) is 36.4. The van der Waals surface area contributed by atoms with Gasteiger partial charge in [-0.3, -0.25) is 0 Å². The number of hydrogen-bond acceptors (Lipinski definition) is 3. The molecule has 4 heteroatoms. The first kappa shape index (κ1) is 44.6. The van der Waals surface area contributed by atoms with Crippen LogP contribution in [0.3, 0.4) is 0 Å². The van der Waals surface area contributed by atoms with Crippen LogP contribution in [0.4, 0.5) is 34.1 Å². The van der Waals surface area contributed by atoms with Gasteiger partial charge in [-0.1, -0.05) is 152 Å². The van der Waals surface area contributed by atoms with E-state index >= 15 is 0 Å². The fourth-order valence-corrected chi connectivity index (χ4v) is 11.4. The van der Waals surface area contributed by atoms with E-state index in [1.165, 1.54) is 49.9 Å². The monoisotopic (exact) mass is 951 g/mol. The van der Waals surface area contributed by atoms with Crippen LogP contribution in [-0.2, 0) is 0 Å². The lowest BCUT2D eigenvalue weighted by Crippen LogP contribution is -2.15. The molecule has 0 amide bonds. The molecule has 0 radical (unpaired) electrons. The highest BCUT2D eigenvalue weighted by Gasteiger charge is 2.27. The smallest absolute Gasteiger partial charge is 0.145 e. The predicted molar refractivity (Wildman–Crippen MR) is 313 cm³/mol. The van der Waals surface area contributed by atoms with Crippen LogP contribution in [0.5, 0.6) is 0 Å². The average Bonchev–Trinajstić information content (AvgIpc) is 4.01. The minimum Gasteiger partial charge on any atom is -0.455 e. The summed E-state index contributed by atoms with van der Waals surface area (Å²) in [5.74, 6) is 0. The standard InChI is InChI=1S/C70H53N3O/c1-46-40-65(48(3)38-60(46)50-24-10-5-11-25-50)71(53-28-14-7-15-29-53)56-42-52(43-57(44-56)72(54-30-16-8-17-31-54)66-41-47(2)61(39-49(66)4)51-26-12-6-13-27-51)62-45-63-58-34-20-22-36-64(58)73(55-32-18-9-19-33-55)69(63)68-59-35-21-23-37-67(59)74-70(62)68/h5-45H,1-4H3. The molecule has 0 fully saturated rings. The van der Waals surface area contributed by atoms with Crippen molar-refractivity contribution in [3.05, 3.63) is 271 Å². The van der Waals surface area contributed by atoms with Crippen LogP contribution in [-0.4, -0.2) is 4.57 Å². The number of aromatic nitrogens is 1. The van der Waals surface area contributed by atoms with Gasteiger partial charge in [0.25, 0.3) is 0 Å². The van der Waals surface area contributed by atoms with E-state index < -0.39 is 0 Å². The molecule has 74 heavy (non-hydrogen) atoms. The maximum Gasteiger partial charge on any atom is 0.145 e. The summed E-state index contributed by atoms with van der Waals surface area (Å²) in [5.41, 5.74) is 23.1. The molecule has 13 aromatic rings. The third kappa shape index (κ3) is 7.62. The first-order valence-electron chi connectivity index (χ1n) is 25.5. The topological polar surface area (TPSA) is 24.6 Å². The zero-order chi connectivity index (χ0) is 49.9. The normalized spacial score (nSPS) is 11.5. The van der Waals surface area contributed by atoms with Gasteiger partial charge in [0.05, 0.1) is 16.4 Å². The Morgan fingerprint density at radius 3 is 1.34 bits per heavy atom. The van der Waals surface area contributed by atoms with Gasteiger partial charge in [-0.25, -0.2) is 0 Å². The molecule has 0 N–H and O–H groups in total. The SMILES string of the molecule is Cc1cc(N(c2ccccc2)c2cc(-c3cc4c5ccccc5n(-c5ccccc5)c4c4c3oc3ccccc34)cc(N(c3ccccc3)c3cc(C)c(-c4ccccc4)cc3C)c2)c(C)cc1-c1ccccc1. The van der Waals surface area contributed by atoms with Gasteiger partial charge in [0.2, 0.25) is 0 Å². The minimum atomic E-state index is 0.845. The second-order valence-corrected chi connectivity index (χ2v) is 19.5. The number of hydrogen-bond donors (Lipinski definition) is 0. The molecule has 0 bridgehead atoms. The van der Waals surface area contributed by atoms with Crippen LogP contribution in [0.25, 0.3) is 82.8 Å². The fraction of sp³-hybridized carbons (Fsp3) is 0.0571. The van der Waals surface area contributed by atoms with Crippen molar-refractivity contribution in [3.63, 3.8) is 0 Å². The highest BCUT2D eigenvalue weighted by atomic mass is 16.3. The molecule has 4 nitrogen and oxygen atoms in total. The van der Waals surface area contributed by atoms with Crippen LogP contribution in [0, 0.1) is 27.7 Å². The third-order valence-electron chi connectivity index (χ3n) is 14.8. The van der Waals surface area contributed by atoms with Gasteiger partial charge < -0.3 is 18.8 Å². The number of furan rings is 1. The molecule has 0 saturated heterocycles. The second kappa shape index (κ2) is 18.3. The van der Waals surface area contributed by atoms with E-state index in [-0.39, 0.29) is 0 Å². The van der Waals surface area contributed by atoms with Crippen molar-refractivity contribution < 1.29 is 4.42 Å². The van der Waals surface area contributed by atoms with Crippen molar-refractivity contribution in [2.75, 3.05) is 9.80 Å². The Morgan fingerprint density at radius 1 is 0.338 bits per heavy atom. The van der Waals surface area contributed by atoms with E-state index in [1.54, 1.807) is 0 Å². The molecule has 0 aliphatic carbocycles. The number of nitrogens with zero attached hydrogens (tertiary/aromatic N) is 3. The molecular formula is C70H53N3O. The van der Waals surface area contributed by atoms with Crippen molar-refractivity contribution in [2.24, 2.45) is 0 Å². The molecule has 0 aliphatic heterocycles. The zero-order valence-electron chi connectivity index (χ0n) is 41.9. The van der Waals surface area contributed by atoms with E-state index in [9.17, 15) is 0 Å². The predicted octanol–water partition coefficient (Wildman–Crippen LogP) is 19.9. The number of para-hydroxylation sites is 5. The number of anilines is 6. The fourth-order valence-electron chi connectivity index (χ4n) is 11.4. The maximum absolute atomic E-state index is 7.21. The summed E-state index contributed by atoms with van der Waals surface area (Å²) in [6, 6.07) is 90.1. The van der Waals surface area contributed by atoms with Gasteiger partial charge in [0, 0.05) is 61.5 Å². The summed E-state index contributed by atoms with van der Waals surface area (Å²) in [5, 5.41) is 4.51. The quantitative estimate of drug-likeness (QED) is 0.137. The van der Waals surface area contributed by atoms with E-state index in [2.05, 4.69) is 291 Å². The summed E-state index contributed by atoms with van der Waals surface area (Å²) in [6.07, 6.45) is 0. The molecule has 0 unspecified atom stereocenters. The van der Waals surface area contributed by atoms with Crippen LogP contribution in [0.2, 0.25) is 0 Å². The summed E-state index contributed by atoms with van der Waals surface area (Å²) in [4.78, 5) is 4.89. The Balaban J connectivity index is 1.14. The molecule has 13 rings (SSSR count). The van der Waals surface area contributed by atoms with Crippen molar-refractivity contribution >= 4 is 77.9 Å². The number of benzene rings is 11. The van der Waals surface area contributed by atoms with Crippen LogP contribution in [0.1, 0.15) is 22.3 Å².